The van der Waals surface area contributed by atoms with Gasteiger partial charge in [-0.25, -0.2) is 0 Å². The van der Waals surface area contributed by atoms with Crippen molar-refractivity contribution in [3.05, 3.63) is 0 Å². The fourth-order valence-electron chi connectivity index (χ4n) is 1.75. The normalized spacial score (nSPS) is 29.2. The highest BCUT2D eigenvalue weighted by Gasteiger charge is 2.23. The van der Waals surface area contributed by atoms with Gasteiger partial charge >= 0.3 is 0 Å². The Morgan fingerprint density at radius 2 is 2.36 bits per heavy atom. The molecule has 0 bridgehead atoms. The van der Waals surface area contributed by atoms with Crippen molar-refractivity contribution < 1.29 is 0 Å². The first-order valence-corrected chi connectivity index (χ1v) is 4.72. The third kappa shape index (κ3) is 2.17. The summed E-state index contributed by atoms with van der Waals surface area (Å²) in [6.45, 7) is 7.83. The first-order chi connectivity index (χ1) is 5.27. The lowest BCUT2D eigenvalue weighted by atomic mass is 10.1. The van der Waals surface area contributed by atoms with Gasteiger partial charge in [-0.15, -0.1) is 0 Å². The standard InChI is InChI=1S/C9H20N2/c1-3-9-4-5-11(7-9)8(2)6-10/h8-9H,3-7,10H2,1-2H3. The second-order valence-electron chi connectivity index (χ2n) is 3.64. The van der Waals surface area contributed by atoms with Gasteiger partial charge in [-0.05, 0) is 25.8 Å². The Bertz CT molecular complexity index is 114. The Morgan fingerprint density at radius 1 is 1.64 bits per heavy atom. The molecular formula is C9H20N2. The topological polar surface area (TPSA) is 29.3 Å². The van der Waals surface area contributed by atoms with Crippen molar-refractivity contribution >= 4 is 0 Å². The van der Waals surface area contributed by atoms with E-state index >= 15 is 0 Å². The molecule has 2 heteroatoms. The highest BCUT2D eigenvalue weighted by Crippen LogP contribution is 2.20. The molecule has 2 atom stereocenters. The molecule has 0 aliphatic carbocycles. The van der Waals surface area contributed by atoms with E-state index in [2.05, 4.69) is 18.7 Å². The smallest absolute Gasteiger partial charge is 0.0190 e. The minimum atomic E-state index is 0.589. The molecule has 11 heavy (non-hydrogen) atoms. The first kappa shape index (κ1) is 9.01. The Balaban J connectivity index is 2.29. The third-order valence-electron chi connectivity index (χ3n) is 2.86. The summed E-state index contributed by atoms with van der Waals surface area (Å²) >= 11 is 0. The lowest BCUT2D eigenvalue weighted by Gasteiger charge is -2.22. The van der Waals surface area contributed by atoms with Crippen LogP contribution in [0.15, 0.2) is 0 Å². The maximum absolute atomic E-state index is 5.60. The number of rotatable bonds is 3. The molecule has 1 rings (SSSR count). The van der Waals surface area contributed by atoms with Crippen molar-refractivity contribution in [2.45, 2.75) is 32.7 Å². The Labute approximate surface area is 69.8 Å². The zero-order valence-corrected chi connectivity index (χ0v) is 7.71. The van der Waals surface area contributed by atoms with E-state index < -0.39 is 0 Å². The molecule has 2 N–H and O–H groups in total. The molecular weight excluding hydrogens is 136 g/mol. The number of hydrogen-bond acceptors (Lipinski definition) is 2. The summed E-state index contributed by atoms with van der Waals surface area (Å²) in [5.41, 5.74) is 5.60. The van der Waals surface area contributed by atoms with Crippen LogP contribution in [0.3, 0.4) is 0 Å². The van der Waals surface area contributed by atoms with Crippen LogP contribution in [0.1, 0.15) is 26.7 Å². The SMILES string of the molecule is CCC1CCN(C(C)CN)C1. The highest BCUT2D eigenvalue weighted by atomic mass is 15.2. The number of likely N-dealkylation sites (tertiary alicyclic amines) is 1. The molecule has 66 valence electrons. The van der Waals surface area contributed by atoms with Crippen LogP contribution >= 0.6 is 0 Å². The molecule has 2 unspecified atom stereocenters. The van der Waals surface area contributed by atoms with E-state index in [0.29, 0.717) is 6.04 Å². The van der Waals surface area contributed by atoms with Crippen LogP contribution in [0.5, 0.6) is 0 Å². The fraction of sp³-hybridized carbons (Fsp3) is 1.00. The van der Waals surface area contributed by atoms with E-state index in [-0.39, 0.29) is 0 Å². The molecule has 0 aromatic heterocycles. The summed E-state index contributed by atoms with van der Waals surface area (Å²) in [6, 6.07) is 0.589. The molecule has 1 fully saturated rings. The van der Waals surface area contributed by atoms with Crippen molar-refractivity contribution in [1.29, 1.82) is 0 Å². The molecule has 1 aliphatic rings. The van der Waals surface area contributed by atoms with Crippen LogP contribution in [0.25, 0.3) is 0 Å². The zero-order chi connectivity index (χ0) is 8.27. The van der Waals surface area contributed by atoms with E-state index in [1.807, 2.05) is 0 Å². The molecule has 1 saturated heterocycles. The lowest BCUT2D eigenvalue weighted by molar-refractivity contribution is 0.253. The molecule has 2 nitrogen and oxygen atoms in total. The summed E-state index contributed by atoms with van der Waals surface area (Å²) < 4.78 is 0. The van der Waals surface area contributed by atoms with E-state index in [1.54, 1.807) is 0 Å². The van der Waals surface area contributed by atoms with E-state index in [0.717, 1.165) is 12.5 Å². The van der Waals surface area contributed by atoms with Crippen LogP contribution in [0.2, 0.25) is 0 Å². The summed E-state index contributed by atoms with van der Waals surface area (Å²) in [5.74, 6) is 0.934. The first-order valence-electron chi connectivity index (χ1n) is 4.72. The summed E-state index contributed by atoms with van der Waals surface area (Å²) in [4.78, 5) is 2.51. The van der Waals surface area contributed by atoms with Gasteiger partial charge in [-0.1, -0.05) is 13.3 Å². The predicted octanol–water partition coefficient (Wildman–Crippen LogP) is 1.07. The fourth-order valence-corrected chi connectivity index (χ4v) is 1.75. The minimum Gasteiger partial charge on any atom is -0.329 e. The second kappa shape index (κ2) is 4.07. The van der Waals surface area contributed by atoms with Crippen molar-refractivity contribution in [1.82, 2.24) is 4.90 Å². The number of hydrogen-bond donors (Lipinski definition) is 1. The molecule has 1 aliphatic heterocycles. The van der Waals surface area contributed by atoms with Gasteiger partial charge in [-0.3, -0.25) is 4.90 Å². The number of nitrogens with two attached hydrogens (primary N) is 1. The molecule has 0 saturated carbocycles. The number of nitrogens with zero attached hydrogens (tertiary/aromatic N) is 1. The van der Waals surface area contributed by atoms with Gasteiger partial charge in [0.15, 0.2) is 0 Å². The van der Waals surface area contributed by atoms with Crippen molar-refractivity contribution in [2.75, 3.05) is 19.6 Å². The average molecular weight is 156 g/mol. The zero-order valence-electron chi connectivity index (χ0n) is 7.71. The van der Waals surface area contributed by atoms with Gasteiger partial charge in [0.25, 0.3) is 0 Å². The largest absolute Gasteiger partial charge is 0.329 e. The van der Waals surface area contributed by atoms with E-state index in [4.69, 9.17) is 5.73 Å². The second-order valence-corrected chi connectivity index (χ2v) is 3.64. The van der Waals surface area contributed by atoms with Crippen LogP contribution in [-0.4, -0.2) is 30.6 Å². The molecule has 0 amide bonds. The van der Waals surface area contributed by atoms with Gasteiger partial charge in [-0.2, -0.15) is 0 Å². The minimum absolute atomic E-state index is 0.589. The van der Waals surface area contributed by atoms with E-state index in [1.165, 1.54) is 25.9 Å². The maximum Gasteiger partial charge on any atom is 0.0190 e. The molecule has 1 heterocycles. The van der Waals surface area contributed by atoms with Crippen LogP contribution in [-0.2, 0) is 0 Å². The van der Waals surface area contributed by atoms with Gasteiger partial charge in [0.1, 0.15) is 0 Å². The maximum atomic E-state index is 5.60. The summed E-state index contributed by atoms with van der Waals surface area (Å²) in [6.07, 6.45) is 2.70. The molecule has 0 spiro atoms. The summed E-state index contributed by atoms with van der Waals surface area (Å²) in [5, 5.41) is 0. The van der Waals surface area contributed by atoms with E-state index in [9.17, 15) is 0 Å². The van der Waals surface area contributed by atoms with Gasteiger partial charge in [0.05, 0.1) is 0 Å². The van der Waals surface area contributed by atoms with Gasteiger partial charge in [0.2, 0.25) is 0 Å². The average Bonchev–Trinajstić information content (AvgIpc) is 2.50. The highest BCUT2D eigenvalue weighted by molar-refractivity contribution is 4.78. The quantitative estimate of drug-likeness (QED) is 0.662. The Morgan fingerprint density at radius 3 is 2.82 bits per heavy atom. The van der Waals surface area contributed by atoms with Crippen LogP contribution in [0.4, 0.5) is 0 Å². The molecule has 0 aromatic carbocycles. The third-order valence-corrected chi connectivity index (χ3v) is 2.86. The molecule has 0 radical (unpaired) electrons. The monoisotopic (exact) mass is 156 g/mol. The van der Waals surface area contributed by atoms with Gasteiger partial charge < -0.3 is 5.73 Å². The predicted molar refractivity (Wildman–Crippen MR) is 48.5 cm³/mol. The lowest BCUT2D eigenvalue weighted by Crippen LogP contribution is -2.36. The Hall–Kier alpha value is -0.0800. The van der Waals surface area contributed by atoms with Crippen molar-refractivity contribution in [3.8, 4) is 0 Å². The van der Waals surface area contributed by atoms with Crippen LogP contribution < -0.4 is 5.73 Å². The Kier molecular flexibility index (Phi) is 3.34. The van der Waals surface area contributed by atoms with Gasteiger partial charge in [0, 0.05) is 19.1 Å². The van der Waals surface area contributed by atoms with Crippen molar-refractivity contribution in [3.63, 3.8) is 0 Å². The van der Waals surface area contributed by atoms with Crippen molar-refractivity contribution in [2.24, 2.45) is 11.7 Å². The molecule has 0 aromatic rings. The van der Waals surface area contributed by atoms with Crippen LogP contribution in [0, 0.1) is 5.92 Å². The summed E-state index contributed by atoms with van der Waals surface area (Å²) in [7, 11) is 0.